The van der Waals surface area contributed by atoms with Crippen LogP contribution in [-0.4, -0.2) is 22.2 Å². The van der Waals surface area contributed by atoms with Crippen LogP contribution in [0.3, 0.4) is 0 Å². The predicted molar refractivity (Wildman–Crippen MR) is 57.2 cm³/mol. The summed E-state index contributed by atoms with van der Waals surface area (Å²) in [6.07, 6.45) is 5.82. The highest BCUT2D eigenvalue weighted by atomic mass is 16.4. The van der Waals surface area contributed by atoms with Crippen LogP contribution in [0.4, 0.5) is 0 Å². The van der Waals surface area contributed by atoms with Crippen molar-refractivity contribution in [3.05, 3.63) is 0 Å². The summed E-state index contributed by atoms with van der Waals surface area (Å²) in [6, 6.07) is 0. The largest absolute Gasteiger partial charge is 0.481 e. The second-order valence-corrected chi connectivity index (χ2v) is 3.41. The topological polar surface area (TPSA) is 110 Å². The summed E-state index contributed by atoms with van der Waals surface area (Å²) in [5, 5.41) is 16.7. The van der Waals surface area contributed by atoms with Crippen molar-refractivity contribution in [3.63, 3.8) is 0 Å². The smallest absolute Gasteiger partial charge is 0.303 e. The Balaban J connectivity index is 0. The maximum absolute atomic E-state index is 10.1. The summed E-state index contributed by atoms with van der Waals surface area (Å²) in [7, 11) is 0. The van der Waals surface area contributed by atoms with Gasteiger partial charge in [0.15, 0.2) is 0 Å². The molecule has 15 heavy (non-hydrogen) atoms. The highest BCUT2D eigenvalue weighted by Crippen LogP contribution is 2.08. The zero-order valence-corrected chi connectivity index (χ0v) is 9.07. The number of aliphatic carboxylic acids is 2. The Bertz CT molecular complexity index is 162. The standard InChI is InChI=1S/C10H18O4.H3N/c11-9(12)7-5-3-1-2-4-6-8-10(13)14;/h1-8H2,(H,11,12)(H,13,14);1H3. The first-order chi connectivity index (χ1) is 6.63. The van der Waals surface area contributed by atoms with Crippen LogP contribution in [0.25, 0.3) is 0 Å². The first-order valence-electron chi connectivity index (χ1n) is 5.06. The maximum atomic E-state index is 10.1. The van der Waals surface area contributed by atoms with Gasteiger partial charge in [0.2, 0.25) is 0 Å². The highest BCUT2D eigenvalue weighted by Gasteiger charge is 1.98. The minimum absolute atomic E-state index is 0. The average Bonchev–Trinajstić information content (AvgIpc) is 2.08. The number of carbonyl (C=O) groups is 2. The Morgan fingerprint density at radius 3 is 1.20 bits per heavy atom. The van der Waals surface area contributed by atoms with E-state index < -0.39 is 11.9 Å². The molecule has 90 valence electrons. The number of carboxylic acid groups (broad SMARTS) is 2. The Kier molecular flexibility index (Phi) is 12.0. The quantitative estimate of drug-likeness (QED) is 0.516. The molecule has 0 unspecified atom stereocenters. The van der Waals surface area contributed by atoms with Crippen LogP contribution >= 0.6 is 0 Å². The third kappa shape index (κ3) is 15.6. The number of carboxylic acids is 2. The van der Waals surface area contributed by atoms with Gasteiger partial charge in [0.25, 0.3) is 0 Å². The fourth-order valence-corrected chi connectivity index (χ4v) is 1.26. The monoisotopic (exact) mass is 219 g/mol. The van der Waals surface area contributed by atoms with Gasteiger partial charge in [-0.05, 0) is 12.8 Å². The van der Waals surface area contributed by atoms with Crippen LogP contribution in [0.15, 0.2) is 0 Å². The molecule has 0 atom stereocenters. The summed E-state index contributed by atoms with van der Waals surface area (Å²) in [5.41, 5.74) is 0. The molecule has 5 nitrogen and oxygen atoms in total. The van der Waals surface area contributed by atoms with Crippen LogP contribution in [0.2, 0.25) is 0 Å². The van der Waals surface area contributed by atoms with Gasteiger partial charge in [-0.25, -0.2) is 0 Å². The van der Waals surface area contributed by atoms with E-state index >= 15 is 0 Å². The lowest BCUT2D eigenvalue weighted by atomic mass is 10.1. The van der Waals surface area contributed by atoms with Gasteiger partial charge in [-0.3, -0.25) is 9.59 Å². The lowest BCUT2D eigenvalue weighted by Gasteiger charge is -1.98. The zero-order valence-electron chi connectivity index (χ0n) is 9.07. The summed E-state index contributed by atoms with van der Waals surface area (Å²) in [5.74, 6) is -1.48. The van der Waals surface area contributed by atoms with Crippen molar-refractivity contribution < 1.29 is 19.8 Å². The summed E-state index contributed by atoms with van der Waals surface area (Å²) >= 11 is 0. The third-order valence-corrected chi connectivity index (χ3v) is 2.03. The van der Waals surface area contributed by atoms with E-state index in [1.807, 2.05) is 0 Å². The minimum Gasteiger partial charge on any atom is -0.481 e. The van der Waals surface area contributed by atoms with Gasteiger partial charge in [0.1, 0.15) is 0 Å². The van der Waals surface area contributed by atoms with Gasteiger partial charge in [-0.15, -0.1) is 0 Å². The van der Waals surface area contributed by atoms with Crippen LogP contribution in [0, 0.1) is 0 Å². The Morgan fingerprint density at radius 1 is 0.667 bits per heavy atom. The molecule has 0 saturated heterocycles. The van der Waals surface area contributed by atoms with Gasteiger partial charge < -0.3 is 16.4 Å². The minimum atomic E-state index is -0.740. The van der Waals surface area contributed by atoms with Crippen molar-refractivity contribution >= 4 is 11.9 Å². The Hall–Kier alpha value is -1.10. The molecule has 0 spiro atoms. The molecule has 5 N–H and O–H groups in total. The van der Waals surface area contributed by atoms with Gasteiger partial charge in [-0.1, -0.05) is 25.7 Å². The molecule has 0 saturated carbocycles. The van der Waals surface area contributed by atoms with Gasteiger partial charge in [0.05, 0.1) is 0 Å². The molecular weight excluding hydrogens is 198 g/mol. The van der Waals surface area contributed by atoms with Crippen molar-refractivity contribution in [2.45, 2.75) is 51.4 Å². The molecule has 0 aromatic heterocycles. The van der Waals surface area contributed by atoms with E-state index in [-0.39, 0.29) is 19.0 Å². The molecule has 0 aromatic carbocycles. The lowest BCUT2D eigenvalue weighted by Crippen LogP contribution is -1.94. The van der Waals surface area contributed by atoms with E-state index in [9.17, 15) is 9.59 Å². The average molecular weight is 219 g/mol. The molecule has 0 amide bonds. The highest BCUT2D eigenvalue weighted by molar-refractivity contribution is 5.66. The van der Waals surface area contributed by atoms with Crippen LogP contribution in [0.1, 0.15) is 51.4 Å². The van der Waals surface area contributed by atoms with E-state index in [4.69, 9.17) is 10.2 Å². The van der Waals surface area contributed by atoms with Crippen molar-refractivity contribution in [3.8, 4) is 0 Å². The fourth-order valence-electron chi connectivity index (χ4n) is 1.26. The van der Waals surface area contributed by atoms with E-state index in [0.717, 1.165) is 38.5 Å². The molecule has 0 rings (SSSR count). The first kappa shape index (κ1) is 16.3. The second-order valence-electron chi connectivity index (χ2n) is 3.41. The van der Waals surface area contributed by atoms with Crippen LogP contribution in [0.5, 0.6) is 0 Å². The van der Waals surface area contributed by atoms with Crippen molar-refractivity contribution in [1.29, 1.82) is 0 Å². The fraction of sp³-hybridized carbons (Fsp3) is 0.800. The van der Waals surface area contributed by atoms with Crippen molar-refractivity contribution in [1.82, 2.24) is 6.15 Å². The Labute approximate surface area is 90.1 Å². The number of unbranched alkanes of at least 4 members (excludes halogenated alkanes) is 5. The molecule has 0 heterocycles. The Morgan fingerprint density at radius 2 is 0.933 bits per heavy atom. The zero-order chi connectivity index (χ0) is 10.8. The van der Waals surface area contributed by atoms with Crippen LogP contribution < -0.4 is 6.15 Å². The molecule has 0 aliphatic rings. The van der Waals surface area contributed by atoms with Gasteiger partial charge in [0, 0.05) is 12.8 Å². The van der Waals surface area contributed by atoms with E-state index in [0.29, 0.717) is 0 Å². The molecule has 0 aromatic rings. The third-order valence-electron chi connectivity index (χ3n) is 2.03. The van der Waals surface area contributed by atoms with Crippen LogP contribution in [-0.2, 0) is 9.59 Å². The maximum Gasteiger partial charge on any atom is 0.303 e. The van der Waals surface area contributed by atoms with Crippen molar-refractivity contribution in [2.24, 2.45) is 0 Å². The summed E-state index contributed by atoms with van der Waals surface area (Å²) in [4.78, 5) is 20.3. The number of hydrogen-bond acceptors (Lipinski definition) is 3. The molecule has 0 bridgehead atoms. The normalized spacial score (nSPS) is 9.33. The molecule has 5 heteroatoms. The molecule has 0 radical (unpaired) electrons. The molecule has 0 fully saturated rings. The van der Waals surface area contributed by atoms with Crippen molar-refractivity contribution in [2.75, 3.05) is 0 Å². The lowest BCUT2D eigenvalue weighted by molar-refractivity contribution is -0.138. The van der Waals surface area contributed by atoms with E-state index in [2.05, 4.69) is 0 Å². The van der Waals surface area contributed by atoms with Gasteiger partial charge >= 0.3 is 11.9 Å². The van der Waals surface area contributed by atoms with E-state index in [1.165, 1.54) is 0 Å². The first-order valence-corrected chi connectivity index (χ1v) is 5.06. The molecule has 0 aliphatic heterocycles. The second kappa shape index (κ2) is 11.0. The number of hydrogen-bond donors (Lipinski definition) is 3. The molecule has 0 aliphatic carbocycles. The predicted octanol–water partition coefficient (Wildman–Crippen LogP) is 2.44. The van der Waals surface area contributed by atoms with E-state index in [1.54, 1.807) is 0 Å². The summed E-state index contributed by atoms with van der Waals surface area (Å²) < 4.78 is 0. The SMILES string of the molecule is N.O=C(O)CCCCCCCCC(=O)O. The summed E-state index contributed by atoms with van der Waals surface area (Å²) in [6.45, 7) is 0. The molecular formula is C10H21NO4. The van der Waals surface area contributed by atoms with Gasteiger partial charge in [-0.2, -0.15) is 0 Å². The number of rotatable bonds is 9.